The van der Waals surface area contributed by atoms with Gasteiger partial charge in [0.2, 0.25) is 15.9 Å². The summed E-state index contributed by atoms with van der Waals surface area (Å²) in [7, 11) is 0.512. The maximum Gasteiger partial charge on any atom is 0.243 e. The highest BCUT2D eigenvalue weighted by molar-refractivity contribution is 7.89. The predicted molar refractivity (Wildman–Crippen MR) is 106 cm³/mol. The summed E-state index contributed by atoms with van der Waals surface area (Å²) in [6.45, 7) is 1.97. The number of methoxy groups -OCH3 is 2. The molecule has 0 aliphatic heterocycles. The Morgan fingerprint density at radius 2 is 1.68 bits per heavy atom. The largest absolute Gasteiger partial charge is 0.497 e. The lowest BCUT2D eigenvalue weighted by Crippen LogP contribution is -2.35. The minimum atomic E-state index is -3.82. The van der Waals surface area contributed by atoms with Crippen molar-refractivity contribution >= 4 is 21.6 Å². The normalized spacial score (nSPS) is 11.2. The van der Waals surface area contributed by atoms with E-state index in [0.29, 0.717) is 29.5 Å². The molecule has 0 saturated carbocycles. The molecule has 0 atom stereocenters. The lowest BCUT2D eigenvalue weighted by atomic mass is 10.2. The number of sulfonamides is 1. The number of rotatable bonds is 9. The smallest absolute Gasteiger partial charge is 0.243 e. The van der Waals surface area contributed by atoms with Crippen LogP contribution in [0, 0.1) is 0 Å². The van der Waals surface area contributed by atoms with E-state index in [1.165, 1.54) is 33.4 Å². The third-order valence-corrected chi connectivity index (χ3v) is 5.71. The molecule has 8 nitrogen and oxygen atoms in total. The SMILES string of the molecule is CCOc1ccc(S(=O)(=O)N(C)CC(=O)Nc2ccc(OC)cc2OC)cc1. The molecule has 0 saturated heterocycles. The van der Waals surface area contributed by atoms with Crippen LogP contribution in [0.25, 0.3) is 0 Å². The van der Waals surface area contributed by atoms with Crippen molar-refractivity contribution in [2.24, 2.45) is 0 Å². The van der Waals surface area contributed by atoms with Gasteiger partial charge in [0.1, 0.15) is 17.2 Å². The number of amides is 1. The van der Waals surface area contributed by atoms with Crippen molar-refractivity contribution in [3.8, 4) is 17.2 Å². The van der Waals surface area contributed by atoms with Crippen LogP contribution in [0.1, 0.15) is 6.92 Å². The Labute approximate surface area is 165 Å². The zero-order valence-corrected chi connectivity index (χ0v) is 17.1. The third-order valence-electron chi connectivity index (χ3n) is 3.89. The zero-order chi connectivity index (χ0) is 20.7. The molecule has 2 aromatic carbocycles. The van der Waals surface area contributed by atoms with Crippen molar-refractivity contribution in [2.45, 2.75) is 11.8 Å². The number of hydrogen-bond donors (Lipinski definition) is 1. The molecule has 0 aliphatic carbocycles. The highest BCUT2D eigenvalue weighted by Crippen LogP contribution is 2.29. The van der Waals surface area contributed by atoms with Crippen LogP contribution in [0.4, 0.5) is 5.69 Å². The first-order valence-electron chi connectivity index (χ1n) is 8.53. The van der Waals surface area contributed by atoms with Crippen molar-refractivity contribution in [2.75, 3.05) is 39.7 Å². The van der Waals surface area contributed by atoms with Crippen LogP contribution in [0.3, 0.4) is 0 Å². The molecule has 0 unspecified atom stereocenters. The summed E-state index contributed by atoms with van der Waals surface area (Å²) in [6, 6.07) is 11.0. The van der Waals surface area contributed by atoms with E-state index in [9.17, 15) is 13.2 Å². The minimum absolute atomic E-state index is 0.0771. The van der Waals surface area contributed by atoms with Crippen molar-refractivity contribution in [3.05, 3.63) is 42.5 Å². The van der Waals surface area contributed by atoms with Crippen molar-refractivity contribution in [1.29, 1.82) is 0 Å². The zero-order valence-electron chi connectivity index (χ0n) is 16.3. The molecule has 0 radical (unpaired) electrons. The van der Waals surface area contributed by atoms with Crippen LogP contribution in [0.2, 0.25) is 0 Å². The van der Waals surface area contributed by atoms with Gasteiger partial charge >= 0.3 is 0 Å². The average molecular weight is 408 g/mol. The highest BCUT2D eigenvalue weighted by Gasteiger charge is 2.23. The van der Waals surface area contributed by atoms with Gasteiger partial charge in [0, 0.05) is 13.1 Å². The lowest BCUT2D eigenvalue weighted by Gasteiger charge is -2.18. The molecular formula is C19H24N2O6S. The fraction of sp³-hybridized carbons (Fsp3) is 0.316. The Morgan fingerprint density at radius 3 is 2.25 bits per heavy atom. The monoisotopic (exact) mass is 408 g/mol. The number of nitrogens with zero attached hydrogens (tertiary/aromatic N) is 1. The van der Waals surface area contributed by atoms with E-state index in [2.05, 4.69) is 5.32 Å². The van der Waals surface area contributed by atoms with Gasteiger partial charge in [-0.2, -0.15) is 4.31 Å². The number of anilines is 1. The van der Waals surface area contributed by atoms with Crippen molar-refractivity contribution in [1.82, 2.24) is 4.31 Å². The topological polar surface area (TPSA) is 94.2 Å². The molecular weight excluding hydrogens is 384 g/mol. The molecule has 0 aromatic heterocycles. The molecule has 2 rings (SSSR count). The number of likely N-dealkylation sites (N-methyl/N-ethyl adjacent to an activating group) is 1. The maximum absolute atomic E-state index is 12.7. The van der Waals surface area contributed by atoms with Crippen LogP contribution in [-0.4, -0.2) is 53.0 Å². The second-order valence-electron chi connectivity index (χ2n) is 5.78. The van der Waals surface area contributed by atoms with Gasteiger partial charge in [0.05, 0.1) is 38.0 Å². The Bertz CT molecular complexity index is 913. The van der Waals surface area contributed by atoms with Gasteiger partial charge in [-0.25, -0.2) is 8.42 Å². The van der Waals surface area contributed by atoms with E-state index >= 15 is 0 Å². The van der Waals surface area contributed by atoms with E-state index in [-0.39, 0.29) is 11.4 Å². The summed E-state index contributed by atoms with van der Waals surface area (Å²) in [4.78, 5) is 12.4. The first-order valence-corrected chi connectivity index (χ1v) is 9.97. The summed E-state index contributed by atoms with van der Waals surface area (Å²) in [5, 5.41) is 2.65. The van der Waals surface area contributed by atoms with Gasteiger partial charge in [-0.05, 0) is 43.3 Å². The van der Waals surface area contributed by atoms with E-state index in [1.54, 1.807) is 30.3 Å². The predicted octanol–water partition coefficient (Wildman–Crippen LogP) is 2.36. The summed E-state index contributed by atoms with van der Waals surface area (Å²) < 4.78 is 41.9. The fourth-order valence-electron chi connectivity index (χ4n) is 2.43. The van der Waals surface area contributed by atoms with E-state index in [4.69, 9.17) is 14.2 Å². The quantitative estimate of drug-likeness (QED) is 0.685. The van der Waals surface area contributed by atoms with Crippen molar-refractivity contribution in [3.63, 3.8) is 0 Å². The first kappa shape index (κ1) is 21.5. The second kappa shape index (κ2) is 9.43. The molecule has 0 fully saturated rings. The summed E-state index contributed by atoms with van der Waals surface area (Å²) >= 11 is 0. The molecule has 0 heterocycles. The Balaban J connectivity index is 2.08. The van der Waals surface area contributed by atoms with Crippen LogP contribution < -0.4 is 19.5 Å². The molecule has 2 aromatic rings. The Kier molecular flexibility index (Phi) is 7.24. The van der Waals surface area contributed by atoms with Crippen molar-refractivity contribution < 1.29 is 27.4 Å². The molecule has 0 aliphatic rings. The number of benzene rings is 2. The van der Waals surface area contributed by atoms with Crippen LogP contribution >= 0.6 is 0 Å². The summed E-state index contributed by atoms with van der Waals surface area (Å²) in [6.07, 6.45) is 0. The number of carbonyl (C=O) groups excluding carboxylic acids is 1. The summed E-state index contributed by atoms with van der Waals surface area (Å²) in [5.41, 5.74) is 0.417. The van der Waals surface area contributed by atoms with E-state index < -0.39 is 15.9 Å². The molecule has 9 heteroatoms. The molecule has 152 valence electrons. The number of hydrogen-bond acceptors (Lipinski definition) is 6. The molecule has 0 spiro atoms. The maximum atomic E-state index is 12.7. The summed E-state index contributed by atoms with van der Waals surface area (Å²) in [5.74, 6) is 1.06. The van der Waals surface area contributed by atoms with Gasteiger partial charge in [-0.15, -0.1) is 0 Å². The number of ether oxygens (including phenoxy) is 3. The number of carbonyl (C=O) groups is 1. The Hall–Kier alpha value is -2.78. The minimum Gasteiger partial charge on any atom is -0.497 e. The lowest BCUT2D eigenvalue weighted by molar-refractivity contribution is -0.116. The first-order chi connectivity index (χ1) is 13.3. The molecule has 1 amide bonds. The van der Waals surface area contributed by atoms with Gasteiger partial charge in [-0.1, -0.05) is 0 Å². The molecule has 28 heavy (non-hydrogen) atoms. The Morgan fingerprint density at radius 1 is 1.04 bits per heavy atom. The number of nitrogens with one attached hydrogen (secondary N) is 1. The van der Waals surface area contributed by atoms with Gasteiger partial charge < -0.3 is 19.5 Å². The molecule has 0 bridgehead atoms. The van der Waals surface area contributed by atoms with Crippen LogP contribution in [-0.2, 0) is 14.8 Å². The van der Waals surface area contributed by atoms with Gasteiger partial charge in [-0.3, -0.25) is 4.79 Å². The average Bonchev–Trinajstić information content (AvgIpc) is 2.68. The van der Waals surface area contributed by atoms with E-state index in [0.717, 1.165) is 4.31 Å². The van der Waals surface area contributed by atoms with Gasteiger partial charge in [0.25, 0.3) is 0 Å². The second-order valence-corrected chi connectivity index (χ2v) is 7.82. The van der Waals surface area contributed by atoms with Gasteiger partial charge in [0.15, 0.2) is 0 Å². The fourth-order valence-corrected chi connectivity index (χ4v) is 3.56. The van der Waals surface area contributed by atoms with E-state index in [1.807, 2.05) is 6.92 Å². The van der Waals surface area contributed by atoms with Crippen LogP contribution in [0.5, 0.6) is 17.2 Å². The van der Waals surface area contributed by atoms with Crippen LogP contribution in [0.15, 0.2) is 47.4 Å². The third kappa shape index (κ3) is 5.14. The molecule has 1 N–H and O–H groups in total. The standard InChI is InChI=1S/C19H24N2O6S/c1-5-27-14-6-9-16(10-7-14)28(23,24)21(2)13-19(22)20-17-11-8-15(25-3)12-18(17)26-4/h6-12H,5,13H2,1-4H3,(H,20,22). The highest BCUT2D eigenvalue weighted by atomic mass is 32.2.